The lowest BCUT2D eigenvalue weighted by Crippen LogP contribution is -2.38. The molecule has 0 saturated carbocycles. The van der Waals surface area contributed by atoms with E-state index in [1.165, 1.54) is 0 Å². The van der Waals surface area contributed by atoms with Gasteiger partial charge in [0.15, 0.2) is 11.5 Å². The smallest absolute Gasteiger partial charge is 0.322 e. The lowest BCUT2D eigenvalue weighted by Gasteiger charge is -2.24. The fourth-order valence-electron chi connectivity index (χ4n) is 3.37. The number of nitrogens with zero attached hydrogens (tertiary/aromatic N) is 1. The summed E-state index contributed by atoms with van der Waals surface area (Å²) in [6, 6.07) is 15.3. The van der Waals surface area contributed by atoms with E-state index in [0.717, 1.165) is 37.9 Å². The highest BCUT2D eigenvalue weighted by Crippen LogP contribution is 2.31. The number of benzene rings is 2. The van der Waals surface area contributed by atoms with Crippen molar-refractivity contribution in [3.8, 4) is 17.2 Å². The summed E-state index contributed by atoms with van der Waals surface area (Å²) in [6.45, 7) is 3.00. The van der Waals surface area contributed by atoms with Crippen LogP contribution in [0.15, 0.2) is 48.5 Å². The van der Waals surface area contributed by atoms with Crippen molar-refractivity contribution in [2.75, 3.05) is 19.0 Å². The minimum Gasteiger partial charge on any atom is -0.493 e. The first-order valence-corrected chi connectivity index (χ1v) is 9.20. The first kappa shape index (κ1) is 18.1. The van der Waals surface area contributed by atoms with Crippen molar-refractivity contribution in [3.63, 3.8) is 0 Å². The van der Waals surface area contributed by atoms with Crippen LogP contribution in [-0.4, -0.2) is 30.6 Å². The van der Waals surface area contributed by atoms with Crippen LogP contribution >= 0.6 is 0 Å². The third-order valence-corrected chi connectivity index (χ3v) is 4.66. The van der Waals surface area contributed by atoms with Crippen molar-refractivity contribution in [2.45, 2.75) is 38.6 Å². The maximum absolute atomic E-state index is 12.5. The van der Waals surface area contributed by atoms with Crippen LogP contribution in [0, 0.1) is 0 Å². The van der Waals surface area contributed by atoms with Gasteiger partial charge in [0.25, 0.3) is 0 Å². The third-order valence-electron chi connectivity index (χ3n) is 4.66. The fraction of sp³-hybridized carbons (Fsp3) is 0.381. The molecule has 1 aliphatic heterocycles. The number of carbonyl (C=O) groups excluding carboxylic acids is 1. The van der Waals surface area contributed by atoms with Gasteiger partial charge in [0.05, 0.1) is 7.11 Å². The molecule has 1 atom stereocenters. The van der Waals surface area contributed by atoms with Crippen molar-refractivity contribution in [3.05, 3.63) is 48.5 Å². The van der Waals surface area contributed by atoms with Crippen LogP contribution in [-0.2, 0) is 0 Å². The molecule has 3 rings (SSSR count). The normalized spacial score (nSPS) is 16.4. The van der Waals surface area contributed by atoms with Crippen LogP contribution in [0.3, 0.4) is 0 Å². The van der Waals surface area contributed by atoms with Crippen molar-refractivity contribution in [1.29, 1.82) is 0 Å². The molecule has 0 aliphatic carbocycles. The van der Waals surface area contributed by atoms with Gasteiger partial charge in [-0.15, -0.1) is 0 Å². The van der Waals surface area contributed by atoms with E-state index in [-0.39, 0.29) is 6.03 Å². The molecule has 0 radical (unpaired) electrons. The first-order chi connectivity index (χ1) is 12.7. The number of hydrogen-bond acceptors (Lipinski definition) is 3. The second-order valence-corrected chi connectivity index (χ2v) is 6.49. The van der Waals surface area contributed by atoms with E-state index < -0.39 is 0 Å². The van der Waals surface area contributed by atoms with Crippen LogP contribution in [0.25, 0.3) is 0 Å². The molecule has 1 N–H and O–H groups in total. The number of rotatable bonds is 6. The highest BCUT2D eigenvalue weighted by molar-refractivity contribution is 5.89. The Hall–Kier alpha value is -2.69. The molecule has 5 heteroatoms. The number of carbonyl (C=O) groups is 1. The SMILES string of the molecule is CCCC1CCCN1C(=O)Nc1ccc(Oc2ccccc2OC)cc1. The zero-order valence-corrected chi connectivity index (χ0v) is 15.4. The molecule has 0 bridgehead atoms. The van der Waals surface area contributed by atoms with Crippen molar-refractivity contribution < 1.29 is 14.3 Å². The van der Waals surface area contributed by atoms with Crippen LogP contribution in [0.1, 0.15) is 32.6 Å². The largest absolute Gasteiger partial charge is 0.493 e. The Morgan fingerprint density at radius 2 is 1.88 bits per heavy atom. The van der Waals surface area contributed by atoms with Crippen LogP contribution in [0.5, 0.6) is 17.2 Å². The van der Waals surface area contributed by atoms with E-state index in [4.69, 9.17) is 9.47 Å². The van der Waals surface area contributed by atoms with Crippen LogP contribution in [0.2, 0.25) is 0 Å². The molecule has 2 aromatic rings. The first-order valence-electron chi connectivity index (χ1n) is 9.20. The average Bonchev–Trinajstić information content (AvgIpc) is 3.12. The molecule has 1 heterocycles. The van der Waals surface area contributed by atoms with Crippen LogP contribution < -0.4 is 14.8 Å². The summed E-state index contributed by atoms with van der Waals surface area (Å²) in [4.78, 5) is 14.5. The Bertz CT molecular complexity index is 730. The second kappa shape index (κ2) is 8.61. The van der Waals surface area contributed by atoms with Gasteiger partial charge < -0.3 is 19.7 Å². The number of anilines is 1. The molecule has 2 amide bonds. The molecule has 1 aliphatic rings. The van der Waals surface area contributed by atoms with E-state index in [1.54, 1.807) is 7.11 Å². The number of hydrogen-bond donors (Lipinski definition) is 1. The number of ether oxygens (including phenoxy) is 2. The summed E-state index contributed by atoms with van der Waals surface area (Å²) < 4.78 is 11.2. The molecule has 26 heavy (non-hydrogen) atoms. The predicted molar refractivity (Wildman–Crippen MR) is 103 cm³/mol. The Morgan fingerprint density at radius 3 is 2.58 bits per heavy atom. The van der Waals surface area contributed by atoms with Crippen molar-refractivity contribution in [1.82, 2.24) is 4.90 Å². The molecule has 1 saturated heterocycles. The van der Waals surface area contributed by atoms with E-state index in [1.807, 2.05) is 53.4 Å². The minimum absolute atomic E-state index is 0.0145. The molecule has 1 fully saturated rings. The quantitative estimate of drug-likeness (QED) is 0.767. The number of likely N-dealkylation sites (tertiary alicyclic amines) is 1. The monoisotopic (exact) mass is 354 g/mol. The number of para-hydroxylation sites is 2. The minimum atomic E-state index is -0.0145. The van der Waals surface area contributed by atoms with Gasteiger partial charge in [0, 0.05) is 18.3 Å². The third kappa shape index (κ3) is 4.28. The summed E-state index contributed by atoms with van der Waals surface area (Å²) in [6.07, 6.45) is 4.36. The topological polar surface area (TPSA) is 50.8 Å². The van der Waals surface area contributed by atoms with Crippen molar-refractivity contribution >= 4 is 11.7 Å². The molecule has 5 nitrogen and oxygen atoms in total. The number of nitrogens with one attached hydrogen (secondary N) is 1. The van der Waals surface area contributed by atoms with Gasteiger partial charge in [-0.2, -0.15) is 0 Å². The number of urea groups is 1. The predicted octanol–water partition coefficient (Wildman–Crippen LogP) is 5.28. The zero-order chi connectivity index (χ0) is 18.4. The van der Waals surface area contributed by atoms with Gasteiger partial charge in [-0.3, -0.25) is 0 Å². The van der Waals surface area contributed by atoms with Gasteiger partial charge in [0.2, 0.25) is 0 Å². The molecule has 138 valence electrons. The number of methoxy groups -OCH3 is 1. The standard InChI is InChI=1S/C21H26N2O3/c1-3-7-17-8-6-15-23(17)21(24)22-16-11-13-18(14-12-16)26-20-10-5-4-9-19(20)25-2/h4-5,9-14,17H,3,6-8,15H2,1-2H3,(H,22,24). The maximum Gasteiger partial charge on any atom is 0.322 e. The maximum atomic E-state index is 12.5. The fourth-order valence-corrected chi connectivity index (χ4v) is 3.37. The zero-order valence-electron chi connectivity index (χ0n) is 15.4. The molecule has 0 spiro atoms. The Kier molecular flexibility index (Phi) is 6.00. The summed E-state index contributed by atoms with van der Waals surface area (Å²) >= 11 is 0. The molecule has 1 unspecified atom stereocenters. The van der Waals surface area contributed by atoms with E-state index >= 15 is 0 Å². The van der Waals surface area contributed by atoms with E-state index in [0.29, 0.717) is 23.3 Å². The van der Waals surface area contributed by atoms with Gasteiger partial charge >= 0.3 is 6.03 Å². The Morgan fingerprint density at radius 1 is 1.15 bits per heavy atom. The van der Waals surface area contributed by atoms with Crippen LogP contribution in [0.4, 0.5) is 10.5 Å². The molecular formula is C21H26N2O3. The highest BCUT2D eigenvalue weighted by atomic mass is 16.5. The Balaban J connectivity index is 1.61. The molecular weight excluding hydrogens is 328 g/mol. The summed E-state index contributed by atoms with van der Waals surface area (Å²) in [7, 11) is 1.62. The summed E-state index contributed by atoms with van der Waals surface area (Å²) in [5, 5.41) is 2.99. The van der Waals surface area contributed by atoms with Gasteiger partial charge in [-0.1, -0.05) is 25.5 Å². The van der Waals surface area contributed by atoms with E-state index in [9.17, 15) is 4.79 Å². The average molecular weight is 354 g/mol. The number of amides is 2. The molecule has 0 aromatic heterocycles. The lowest BCUT2D eigenvalue weighted by molar-refractivity contribution is 0.203. The second-order valence-electron chi connectivity index (χ2n) is 6.49. The van der Waals surface area contributed by atoms with Crippen molar-refractivity contribution in [2.24, 2.45) is 0 Å². The summed E-state index contributed by atoms with van der Waals surface area (Å²) in [5.41, 5.74) is 0.768. The lowest BCUT2D eigenvalue weighted by atomic mass is 10.1. The highest BCUT2D eigenvalue weighted by Gasteiger charge is 2.27. The summed E-state index contributed by atoms with van der Waals surface area (Å²) in [5.74, 6) is 2.03. The van der Waals surface area contributed by atoms with Gasteiger partial charge in [-0.25, -0.2) is 4.79 Å². The van der Waals surface area contributed by atoms with E-state index in [2.05, 4.69) is 12.2 Å². The molecule has 2 aromatic carbocycles. The Labute approximate surface area is 154 Å². The van der Waals surface area contributed by atoms with Gasteiger partial charge in [-0.05, 0) is 55.7 Å². The van der Waals surface area contributed by atoms with Gasteiger partial charge in [0.1, 0.15) is 5.75 Å².